The maximum atomic E-state index is 10.9. The van der Waals surface area contributed by atoms with Gasteiger partial charge >= 0.3 is 0 Å². The van der Waals surface area contributed by atoms with Crippen molar-refractivity contribution in [2.24, 2.45) is 0 Å². The summed E-state index contributed by atoms with van der Waals surface area (Å²) < 4.78 is 0. The summed E-state index contributed by atoms with van der Waals surface area (Å²) in [5, 5.41) is 1.10. The molecule has 1 N–H and O–H groups in total. The van der Waals surface area contributed by atoms with Crippen molar-refractivity contribution in [1.82, 2.24) is 9.97 Å². The highest BCUT2D eigenvalue weighted by molar-refractivity contribution is 6.34. The number of H-pyrrole nitrogens is 1. The summed E-state index contributed by atoms with van der Waals surface area (Å²) in [7, 11) is 0. The zero-order chi connectivity index (χ0) is 8.55. The van der Waals surface area contributed by atoms with E-state index in [9.17, 15) is 4.79 Å². The number of fused-ring (bicyclic) bond motifs is 1. The molecule has 0 saturated carbocycles. The molecular weight excluding hydrogens is 176 g/mol. The topological polar surface area (TPSA) is 45.8 Å². The highest BCUT2D eigenvalue weighted by atomic mass is 35.5. The molecule has 2 heterocycles. The number of hydrogen-bond donors (Lipinski definition) is 1. The summed E-state index contributed by atoms with van der Waals surface area (Å²) in [4.78, 5) is 17.4. The van der Waals surface area contributed by atoms with Crippen molar-refractivity contribution in [3.8, 4) is 0 Å². The van der Waals surface area contributed by atoms with E-state index in [-0.39, 0.29) is 5.56 Å². The van der Waals surface area contributed by atoms with Crippen LogP contribution >= 0.6 is 11.6 Å². The van der Waals surface area contributed by atoms with E-state index in [1.807, 2.05) is 0 Å². The fraction of sp³-hybridized carbons (Fsp3) is 0. The highest BCUT2D eigenvalue weighted by Gasteiger charge is 1.99. The van der Waals surface area contributed by atoms with Crippen molar-refractivity contribution in [1.29, 1.82) is 0 Å². The zero-order valence-corrected chi connectivity index (χ0v) is 6.80. The maximum absolute atomic E-state index is 10.9. The van der Waals surface area contributed by atoms with Gasteiger partial charge < -0.3 is 4.98 Å². The van der Waals surface area contributed by atoms with Gasteiger partial charge in [0.25, 0.3) is 5.56 Å². The smallest absolute Gasteiger partial charge is 0.251 e. The number of pyridine rings is 2. The number of aromatic amines is 1. The second kappa shape index (κ2) is 2.60. The molecule has 2 rings (SSSR count). The van der Waals surface area contributed by atoms with Gasteiger partial charge in [-0.2, -0.15) is 0 Å². The Morgan fingerprint density at radius 1 is 1.50 bits per heavy atom. The van der Waals surface area contributed by atoms with Gasteiger partial charge in [-0.05, 0) is 12.1 Å². The number of aromatic nitrogens is 2. The average Bonchev–Trinajstić information content (AvgIpc) is 2.04. The second-order valence-corrected chi connectivity index (χ2v) is 2.76. The zero-order valence-electron chi connectivity index (χ0n) is 6.04. The Morgan fingerprint density at radius 2 is 2.33 bits per heavy atom. The summed E-state index contributed by atoms with van der Waals surface area (Å²) >= 11 is 5.77. The lowest BCUT2D eigenvalue weighted by atomic mass is 10.3. The van der Waals surface area contributed by atoms with Crippen LogP contribution in [0.3, 0.4) is 0 Å². The van der Waals surface area contributed by atoms with E-state index in [1.54, 1.807) is 18.3 Å². The molecule has 0 saturated heterocycles. The van der Waals surface area contributed by atoms with Crippen LogP contribution in [0.2, 0.25) is 5.15 Å². The lowest BCUT2D eigenvalue weighted by Gasteiger charge is -1.96. The quantitative estimate of drug-likeness (QED) is 0.626. The van der Waals surface area contributed by atoms with E-state index in [0.29, 0.717) is 10.7 Å². The Morgan fingerprint density at radius 3 is 3.17 bits per heavy atom. The second-order valence-electron chi connectivity index (χ2n) is 2.38. The lowest BCUT2D eigenvalue weighted by Crippen LogP contribution is -2.03. The molecule has 0 aliphatic heterocycles. The summed E-state index contributed by atoms with van der Waals surface area (Å²) in [6, 6.07) is 4.99. The maximum Gasteiger partial charge on any atom is 0.251 e. The standard InChI is InChI=1S/C8H5ClN2O/c9-8-5-2-1-3-10-6(5)4-7(12)11-8/h1-4H,(H,11,12). The van der Waals surface area contributed by atoms with Gasteiger partial charge in [0, 0.05) is 17.6 Å². The molecule has 0 aliphatic rings. The molecule has 2 aromatic heterocycles. The normalized spacial score (nSPS) is 10.4. The fourth-order valence-corrected chi connectivity index (χ4v) is 1.31. The van der Waals surface area contributed by atoms with E-state index in [0.717, 1.165) is 5.39 Å². The number of halogens is 1. The van der Waals surface area contributed by atoms with Crippen LogP contribution in [0.15, 0.2) is 29.2 Å². The van der Waals surface area contributed by atoms with Gasteiger partial charge in [-0.25, -0.2) is 0 Å². The minimum atomic E-state index is -0.230. The molecule has 0 aromatic carbocycles. The first kappa shape index (κ1) is 7.31. The molecule has 0 spiro atoms. The highest BCUT2D eigenvalue weighted by Crippen LogP contribution is 2.15. The summed E-state index contributed by atoms with van der Waals surface area (Å²) in [6.07, 6.45) is 1.62. The summed E-state index contributed by atoms with van der Waals surface area (Å²) in [5.74, 6) is 0. The van der Waals surface area contributed by atoms with Crippen LogP contribution in [-0.2, 0) is 0 Å². The third-order valence-corrected chi connectivity index (χ3v) is 1.87. The minimum Gasteiger partial charge on any atom is -0.312 e. The monoisotopic (exact) mass is 180 g/mol. The molecule has 2 aromatic rings. The average molecular weight is 181 g/mol. The van der Waals surface area contributed by atoms with Crippen molar-refractivity contribution in [3.05, 3.63) is 39.9 Å². The summed E-state index contributed by atoms with van der Waals surface area (Å²) in [5.41, 5.74) is 0.387. The van der Waals surface area contributed by atoms with Gasteiger partial charge in [-0.1, -0.05) is 11.6 Å². The Hall–Kier alpha value is -1.35. The molecular formula is C8H5ClN2O. The Kier molecular flexibility index (Phi) is 1.59. The molecule has 12 heavy (non-hydrogen) atoms. The van der Waals surface area contributed by atoms with Crippen molar-refractivity contribution in [3.63, 3.8) is 0 Å². The van der Waals surface area contributed by atoms with E-state index in [4.69, 9.17) is 11.6 Å². The molecule has 0 radical (unpaired) electrons. The molecule has 60 valence electrons. The third-order valence-electron chi connectivity index (χ3n) is 1.58. The van der Waals surface area contributed by atoms with Crippen LogP contribution in [-0.4, -0.2) is 9.97 Å². The van der Waals surface area contributed by atoms with E-state index >= 15 is 0 Å². The number of rotatable bonds is 0. The van der Waals surface area contributed by atoms with Crippen LogP contribution < -0.4 is 5.56 Å². The van der Waals surface area contributed by atoms with Crippen LogP contribution in [0, 0.1) is 0 Å². The molecule has 0 amide bonds. The molecule has 0 bridgehead atoms. The Bertz CT molecular complexity index is 478. The van der Waals surface area contributed by atoms with Gasteiger partial charge in [-0.3, -0.25) is 9.78 Å². The Labute approximate surface area is 73.0 Å². The van der Waals surface area contributed by atoms with Gasteiger partial charge in [0.15, 0.2) is 0 Å². The SMILES string of the molecule is O=c1cc2ncccc2c(Cl)[nH]1. The van der Waals surface area contributed by atoms with Crippen LogP contribution in [0.1, 0.15) is 0 Å². The van der Waals surface area contributed by atoms with Crippen molar-refractivity contribution in [2.75, 3.05) is 0 Å². The summed E-state index contributed by atoms with van der Waals surface area (Å²) in [6.45, 7) is 0. The molecule has 0 fully saturated rings. The van der Waals surface area contributed by atoms with Crippen LogP contribution in [0.25, 0.3) is 10.9 Å². The Balaban J connectivity index is 2.99. The van der Waals surface area contributed by atoms with Gasteiger partial charge in [0.05, 0.1) is 5.52 Å². The predicted molar refractivity (Wildman–Crippen MR) is 47.4 cm³/mol. The molecule has 0 atom stereocenters. The first-order valence-corrected chi connectivity index (χ1v) is 3.79. The van der Waals surface area contributed by atoms with Crippen molar-refractivity contribution >= 4 is 22.5 Å². The van der Waals surface area contributed by atoms with Gasteiger partial charge in [-0.15, -0.1) is 0 Å². The van der Waals surface area contributed by atoms with Crippen molar-refractivity contribution in [2.45, 2.75) is 0 Å². The fourth-order valence-electron chi connectivity index (χ4n) is 1.05. The largest absolute Gasteiger partial charge is 0.312 e. The number of nitrogens with zero attached hydrogens (tertiary/aromatic N) is 1. The van der Waals surface area contributed by atoms with E-state index in [1.165, 1.54) is 6.07 Å². The van der Waals surface area contributed by atoms with Crippen LogP contribution in [0.5, 0.6) is 0 Å². The number of nitrogens with one attached hydrogen (secondary N) is 1. The van der Waals surface area contributed by atoms with Gasteiger partial charge in [0.1, 0.15) is 5.15 Å². The lowest BCUT2D eigenvalue weighted by molar-refractivity contribution is 1.25. The molecule has 0 unspecified atom stereocenters. The minimum absolute atomic E-state index is 0.230. The number of hydrogen-bond acceptors (Lipinski definition) is 2. The van der Waals surface area contributed by atoms with Gasteiger partial charge in [0.2, 0.25) is 0 Å². The van der Waals surface area contributed by atoms with Crippen molar-refractivity contribution < 1.29 is 0 Å². The van der Waals surface area contributed by atoms with Crippen LogP contribution in [0.4, 0.5) is 0 Å². The first-order valence-electron chi connectivity index (χ1n) is 3.41. The third kappa shape index (κ3) is 1.08. The first-order chi connectivity index (χ1) is 5.77. The molecule has 0 aliphatic carbocycles. The molecule has 4 heteroatoms. The predicted octanol–water partition coefficient (Wildman–Crippen LogP) is 1.58. The van der Waals surface area contributed by atoms with E-state index < -0.39 is 0 Å². The molecule has 3 nitrogen and oxygen atoms in total. The van der Waals surface area contributed by atoms with E-state index in [2.05, 4.69) is 9.97 Å².